The molecular weight excluding hydrogens is 314 g/mol. The van der Waals surface area contributed by atoms with Crippen molar-refractivity contribution in [1.82, 2.24) is 4.98 Å². The second-order valence-electron chi connectivity index (χ2n) is 4.76. The lowest BCUT2D eigenvalue weighted by Gasteiger charge is -2.09. The first-order valence-electron chi connectivity index (χ1n) is 6.96. The van der Waals surface area contributed by atoms with Gasteiger partial charge >= 0.3 is 5.97 Å². The number of fused-ring (bicyclic) bond motifs is 1. The molecule has 0 atom stereocenters. The van der Waals surface area contributed by atoms with Crippen LogP contribution in [0.4, 0.5) is 11.4 Å². The molecule has 3 rings (SSSR count). The van der Waals surface area contributed by atoms with Crippen molar-refractivity contribution in [2.75, 3.05) is 11.9 Å². The minimum atomic E-state index is -0.558. The summed E-state index contributed by atoms with van der Waals surface area (Å²) in [5, 5.41) is 4.19. The molecule has 5 nitrogen and oxygen atoms in total. The number of benzene rings is 1. The van der Waals surface area contributed by atoms with Crippen LogP contribution in [0.2, 0.25) is 5.02 Å². The fourth-order valence-electron chi connectivity index (χ4n) is 2.17. The van der Waals surface area contributed by atoms with Crippen molar-refractivity contribution in [3.8, 4) is 0 Å². The molecule has 114 valence electrons. The molecule has 1 N–H and O–H groups in total. The monoisotopic (exact) mass is 326 g/mol. The number of aromatic nitrogens is 1. The van der Waals surface area contributed by atoms with Gasteiger partial charge in [-0.2, -0.15) is 0 Å². The number of nitrogens with one attached hydrogen (secondary N) is 1. The maximum atomic E-state index is 12.1. The van der Waals surface area contributed by atoms with Crippen molar-refractivity contribution in [3.05, 3.63) is 47.4 Å². The van der Waals surface area contributed by atoms with Gasteiger partial charge in [0.15, 0.2) is 0 Å². The molecule has 0 bridgehead atoms. The van der Waals surface area contributed by atoms with Crippen LogP contribution in [0, 0.1) is 0 Å². The Bertz CT molecular complexity index is 879. The highest BCUT2D eigenvalue weighted by molar-refractivity contribution is 6.37. The van der Waals surface area contributed by atoms with Crippen LogP contribution in [-0.2, 0) is 4.74 Å². The molecule has 2 aromatic heterocycles. The Morgan fingerprint density at radius 3 is 3.00 bits per heavy atom. The Balaban J connectivity index is 2.10. The number of rotatable bonds is 4. The summed E-state index contributed by atoms with van der Waals surface area (Å²) in [5.41, 5.74) is 2.12. The highest BCUT2D eigenvalue weighted by Crippen LogP contribution is 2.34. The summed E-state index contributed by atoms with van der Waals surface area (Å²) in [7, 11) is 5.69. The van der Waals surface area contributed by atoms with E-state index in [1.807, 2.05) is 0 Å². The highest BCUT2D eigenvalue weighted by atomic mass is 35.5. The van der Waals surface area contributed by atoms with Gasteiger partial charge in [0, 0.05) is 12.4 Å². The summed E-state index contributed by atoms with van der Waals surface area (Å²) in [5.74, 6) is -0.486. The summed E-state index contributed by atoms with van der Waals surface area (Å²) in [6, 6.07) is 6.73. The van der Waals surface area contributed by atoms with Crippen LogP contribution in [-0.4, -0.2) is 25.4 Å². The molecule has 0 saturated carbocycles. The van der Waals surface area contributed by atoms with Crippen molar-refractivity contribution in [1.29, 1.82) is 0 Å². The van der Waals surface area contributed by atoms with E-state index in [0.717, 1.165) is 0 Å². The van der Waals surface area contributed by atoms with E-state index in [1.54, 1.807) is 43.6 Å². The summed E-state index contributed by atoms with van der Waals surface area (Å²) < 4.78 is 10.6. The van der Waals surface area contributed by atoms with E-state index in [2.05, 4.69) is 10.3 Å². The van der Waals surface area contributed by atoms with Gasteiger partial charge in [0.25, 0.3) is 0 Å². The van der Waals surface area contributed by atoms with E-state index < -0.39 is 5.97 Å². The number of carbonyl (C=O) groups is 1. The number of hydrogen-bond acceptors (Lipinski definition) is 5. The topological polar surface area (TPSA) is 64.4 Å². The average molecular weight is 327 g/mol. The van der Waals surface area contributed by atoms with Crippen molar-refractivity contribution in [2.45, 2.75) is 6.92 Å². The molecule has 3 aromatic rings. The molecule has 1 aromatic carbocycles. The first-order valence-corrected chi connectivity index (χ1v) is 7.33. The number of halogens is 1. The molecule has 2 heterocycles. The van der Waals surface area contributed by atoms with Gasteiger partial charge in [-0.15, -0.1) is 0 Å². The Morgan fingerprint density at radius 2 is 2.26 bits per heavy atom. The lowest BCUT2D eigenvalue weighted by Crippen LogP contribution is -2.07. The fourth-order valence-corrected chi connectivity index (χ4v) is 2.41. The second-order valence-corrected chi connectivity index (χ2v) is 5.17. The predicted octanol–water partition coefficient (Wildman–Crippen LogP) is 3.20. The van der Waals surface area contributed by atoms with Crippen LogP contribution in [0.5, 0.6) is 0 Å². The number of ether oxygens (including phenoxy) is 1. The Morgan fingerprint density at radius 1 is 1.43 bits per heavy atom. The first kappa shape index (κ1) is 15.4. The van der Waals surface area contributed by atoms with Crippen molar-refractivity contribution < 1.29 is 13.9 Å². The lowest BCUT2D eigenvalue weighted by atomic mass is 9.96. The summed E-state index contributed by atoms with van der Waals surface area (Å²) in [4.78, 5) is 16.2. The third kappa shape index (κ3) is 3.03. The number of esters is 1. The smallest absolute Gasteiger partial charge is 0.376 e. The van der Waals surface area contributed by atoms with Crippen LogP contribution in [0.3, 0.4) is 0 Å². The van der Waals surface area contributed by atoms with Crippen molar-refractivity contribution >= 4 is 53.2 Å². The van der Waals surface area contributed by atoms with Crippen LogP contribution >= 0.6 is 11.6 Å². The van der Waals surface area contributed by atoms with Crippen LogP contribution < -0.4 is 10.8 Å². The standard InChI is InChI=1S/C16H12BClN2O3/c1-2-22-16(21)15-14(10-8-19-6-5-13(10)23-15)20-12-4-3-9(17)7-11(12)18/h3-8,20H,2H2,1H3. The van der Waals surface area contributed by atoms with E-state index in [1.165, 1.54) is 0 Å². The lowest BCUT2D eigenvalue weighted by molar-refractivity contribution is 0.0494. The van der Waals surface area contributed by atoms with E-state index in [4.69, 9.17) is 28.6 Å². The Labute approximate surface area is 139 Å². The average Bonchev–Trinajstić information content (AvgIpc) is 2.89. The predicted molar refractivity (Wildman–Crippen MR) is 90.1 cm³/mol. The number of nitrogens with zero attached hydrogens (tertiary/aromatic N) is 1. The van der Waals surface area contributed by atoms with Gasteiger partial charge in [-0.1, -0.05) is 23.1 Å². The van der Waals surface area contributed by atoms with Crippen molar-refractivity contribution in [3.63, 3.8) is 0 Å². The Hall–Kier alpha value is -2.47. The number of hydrogen-bond donors (Lipinski definition) is 1. The van der Waals surface area contributed by atoms with E-state index in [0.29, 0.717) is 32.8 Å². The SMILES string of the molecule is [B]c1ccc(Nc2c(C(=O)OCC)oc3ccncc23)c(Cl)c1. The molecule has 2 radical (unpaired) electrons. The largest absolute Gasteiger partial charge is 0.460 e. The minimum Gasteiger partial charge on any atom is -0.460 e. The zero-order valence-electron chi connectivity index (χ0n) is 12.3. The number of furan rings is 1. The van der Waals surface area contributed by atoms with Gasteiger partial charge in [0.2, 0.25) is 5.76 Å². The quantitative estimate of drug-likeness (QED) is 0.589. The molecule has 0 fully saturated rings. The van der Waals surface area contributed by atoms with Gasteiger partial charge in [-0.05, 0) is 25.1 Å². The van der Waals surface area contributed by atoms with Crippen molar-refractivity contribution in [2.24, 2.45) is 0 Å². The van der Waals surface area contributed by atoms with E-state index >= 15 is 0 Å². The van der Waals surface area contributed by atoms with Gasteiger partial charge in [-0.3, -0.25) is 4.98 Å². The van der Waals surface area contributed by atoms with Crippen LogP contribution in [0.15, 0.2) is 41.1 Å². The van der Waals surface area contributed by atoms with Gasteiger partial charge in [0.05, 0.1) is 22.7 Å². The highest BCUT2D eigenvalue weighted by Gasteiger charge is 2.22. The van der Waals surface area contributed by atoms with Gasteiger partial charge in [0.1, 0.15) is 19.1 Å². The third-order valence-electron chi connectivity index (χ3n) is 3.20. The fraction of sp³-hybridized carbons (Fsp3) is 0.125. The van der Waals surface area contributed by atoms with Gasteiger partial charge in [-0.25, -0.2) is 4.79 Å². The van der Waals surface area contributed by atoms with Gasteiger partial charge < -0.3 is 14.5 Å². The molecule has 0 spiro atoms. The van der Waals surface area contributed by atoms with Crippen LogP contribution in [0.1, 0.15) is 17.5 Å². The second kappa shape index (κ2) is 6.34. The van der Waals surface area contributed by atoms with E-state index in [-0.39, 0.29) is 12.4 Å². The minimum absolute atomic E-state index is 0.0720. The molecule has 23 heavy (non-hydrogen) atoms. The maximum absolute atomic E-state index is 12.1. The summed E-state index contributed by atoms with van der Waals surface area (Å²) in [6.07, 6.45) is 3.19. The normalized spacial score (nSPS) is 10.7. The zero-order valence-corrected chi connectivity index (χ0v) is 13.1. The zero-order chi connectivity index (χ0) is 16.4. The first-order chi connectivity index (χ1) is 11.1. The molecule has 0 aliphatic carbocycles. The summed E-state index contributed by atoms with van der Waals surface area (Å²) in [6.45, 7) is 1.97. The summed E-state index contributed by atoms with van der Waals surface area (Å²) >= 11 is 6.19. The molecule has 0 amide bonds. The molecule has 0 aliphatic heterocycles. The Kier molecular flexibility index (Phi) is 4.25. The number of carbonyl (C=O) groups excluding carboxylic acids is 1. The molecule has 0 unspecified atom stereocenters. The maximum Gasteiger partial charge on any atom is 0.376 e. The van der Waals surface area contributed by atoms with Crippen LogP contribution in [0.25, 0.3) is 11.0 Å². The third-order valence-corrected chi connectivity index (χ3v) is 3.52. The molecular formula is C16H12BClN2O3. The van der Waals surface area contributed by atoms with E-state index in [9.17, 15) is 4.79 Å². The number of pyridine rings is 1. The molecule has 7 heteroatoms. The molecule has 0 saturated heterocycles. The number of anilines is 2. The molecule has 0 aliphatic rings.